The van der Waals surface area contributed by atoms with E-state index in [2.05, 4.69) is 0 Å². The Morgan fingerprint density at radius 1 is 0.750 bits per heavy atom. The number of anilines is 2. The number of rotatable bonds is 4. The zero-order valence-electron chi connectivity index (χ0n) is 20.3. The molecule has 2 heterocycles. The number of hydrogen-bond donors (Lipinski definition) is 0. The molecule has 4 aromatic rings. The molecule has 40 heavy (non-hydrogen) atoms. The Hall–Kier alpha value is -3.62. The lowest BCUT2D eigenvalue weighted by Crippen LogP contribution is -2.29. The third kappa shape index (κ3) is 4.21. The Bertz CT molecular complexity index is 1720. The monoisotopic (exact) mass is 612 g/mol. The van der Waals surface area contributed by atoms with Gasteiger partial charge in [-0.05, 0) is 35.7 Å². The molecule has 0 aromatic heterocycles. The molecule has 0 aliphatic carbocycles. The highest BCUT2D eigenvalue weighted by Crippen LogP contribution is 2.45. The van der Waals surface area contributed by atoms with Gasteiger partial charge in [0, 0.05) is 18.4 Å². The third-order valence-corrected chi connectivity index (χ3v) is 8.73. The molecule has 7 nitrogen and oxygen atoms in total. The Morgan fingerprint density at radius 3 is 2.00 bits per heavy atom. The average Bonchev–Trinajstić information content (AvgIpc) is 3.47. The van der Waals surface area contributed by atoms with Crippen LogP contribution in [-0.4, -0.2) is 30.2 Å². The minimum Gasteiger partial charge on any atom is -0.426 e. The van der Waals surface area contributed by atoms with E-state index in [0.29, 0.717) is 0 Å². The number of halogens is 4. The Labute approximate surface area is 247 Å². The van der Waals surface area contributed by atoms with Crippen LogP contribution in [0, 0.1) is 5.92 Å². The summed E-state index contributed by atoms with van der Waals surface area (Å²) < 4.78 is 5.54. The number of carbonyl (C=O) groups excluding carboxylic acids is 4. The average molecular weight is 614 g/mol. The molecular weight excluding hydrogens is 598 g/mol. The van der Waals surface area contributed by atoms with E-state index in [4.69, 9.17) is 51.1 Å². The number of imide groups is 1. The van der Waals surface area contributed by atoms with E-state index in [9.17, 15) is 19.2 Å². The largest absolute Gasteiger partial charge is 0.426 e. The summed E-state index contributed by atoms with van der Waals surface area (Å²) in [6.45, 7) is 0.186. The first-order valence-electron chi connectivity index (χ1n) is 12.0. The van der Waals surface area contributed by atoms with Crippen molar-refractivity contribution in [3.63, 3.8) is 0 Å². The molecule has 0 saturated carbocycles. The van der Waals surface area contributed by atoms with E-state index in [1.807, 2.05) is 42.5 Å². The van der Waals surface area contributed by atoms with Crippen molar-refractivity contribution in [2.24, 2.45) is 5.92 Å². The first kappa shape index (κ1) is 26.6. The summed E-state index contributed by atoms with van der Waals surface area (Å²) in [5.41, 5.74) is 0.668. The van der Waals surface area contributed by atoms with Gasteiger partial charge in [0.2, 0.25) is 5.91 Å². The Kier molecular flexibility index (Phi) is 6.71. The fraction of sp³-hybridized carbons (Fsp3) is 0.103. The quantitative estimate of drug-likeness (QED) is 0.0798. The maximum atomic E-state index is 13.1. The first-order chi connectivity index (χ1) is 19.2. The SMILES string of the molecule is O=C(Oc1ccc(N2C(=O)c3c(Cl)c(Cl)c(Cl)c(Cl)c3C2=O)cc1)[C@H]1CC(=O)N(c2cccc3ccccc23)C1. The topological polar surface area (TPSA) is 84.0 Å². The molecule has 0 spiro atoms. The van der Waals surface area contributed by atoms with Crippen molar-refractivity contribution in [3.05, 3.63) is 97.9 Å². The molecule has 1 fully saturated rings. The van der Waals surface area contributed by atoms with Crippen molar-refractivity contribution >= 4 is 92.2 Å². The van der Waals surface area contributed by atoms with Crippen LogP contribution in [0.1, 0.15) is 27.1 Å². The summed E-state index contributed by atoms with van der Waals surface area (Å²) in [5.74, 6) is -2.64. The minimum absolute atomic E-state index is 0.0157. The van der Waals surface area contributed by atoms with E-state index in [-0.39, 0.29) is 61.5 Å². The highest BCUT2D eigenvalue weighted by molar-refractivity contribution is 6.56. The van der Waals surface area contributed by atoms with Crippen LogP contribution in [0.2, 0.25) is 20.1 Å². The molecule has 1 atom stereocenters. The van der Waals surface area contributed by atoms with Crippen molar-refractivity contribution in [2.75, 3.05) is 16.3 Å². The maximum absolute atomic E-state index is 13.1. The van der Waals surface area contributed by atoms with Crippen LogP contribution in [0.4, 0.5) is 11.4 Å². The number of benzene rings is 4. The van der Waals surface area contributed by atoms with Gasteiger partial charge in [0.1, 0.15) is 5.75 Å². The molecule has 0 N–H and O–H groups in total. The second-order valence-corrected chi connectivity index (χ2v) is 10.8. The molecule has 0 bridgehead atoms. The molecule has 2 aliphatic rings. The molecule has 2 aliphatic heterocycles. The van der Waals surface area contributed by atoms with Crippen molar-refractivity contribution in [2.45, 2.75) is 6.42 Å². The summed E-state index contributed by atoms with van der Waals surface area (Å²) in [6, 6.07) is 19.2. The summed E-state index contributed by atoms with van der Waals surface area (Å²) >= 11 is 24.5. The second-order valence-electron chi connectivity index (χ2n) is 9.27. The van der Waals surface area contributed by atoms with E-state index in [0.717, 1.165) is 21.4 Å². The molecule has 200 valence electrons. The van der Waals surface area contributed by atoms with E-state index >= 15 is 0 Å². The van der Waals surface area contributed by atoms with Gasteiger partial charge in [0.05, 0.1) is 48.5 Å². The molecule has 11 heteroatoms. The molecule has 0 unspecified atom stereocenters. The number of ether oxygens (including phenoxy) is 1. The summed E-state index contributed by atoms with van der Waals surface area (Å²) in [6.07, 6.45) is 0.0157. The van der Waals surface area contributed by atoms with Crippen molar-refractivity contribution in [1.29, 1.82) is 0 Å². The third-order valence-electron chi connectivity index (χ3n) is 6.93. The van der Waals surface area contributed by atoms with Crippen LogP contribution in [0.3, 0.4) is 0 Å². The van der Waals surface area contributed by atoms with Crippen molar-refractivity contribution < 1.29 is 23.9 Å². The molecule has 6 rings (SSSR count). The fourth-order valence-electron chi connectivity index (χ4n) is 4.99. The second kappa shape index (κ2) is 10.1. The van der Waals surface area contributed by atoms with Crippen molar-refractivity contribution in [1.82, 2.24) is 0 Å². The molecule has 0 radical (unpaired) electrons. The maximum Gasteiger partial charge on any atom is 0.316 e. The number of hydrogen-bond acceptors (Lipinski definition) is 5. The van der Waals surface area contributed by atoms with Gasteiger partial charge in [0.15, 0.2) is 0 Å². The minimum atomic E-state index is -0.715. The van der Waals surface area contributed by atoms with Gasteiger partial charge in [-0.15, -0.1) is 0 Å². The molecular formula is C29H16Cl4N2O5. The van der Waals surface area contributed by atoms with Gasteiger partial charge in [-0.25, -0.2) is 4.90 Å². The predicted molar refractivity (Wildman–Crippen MR) is 154 cm³/mol. The van der Waals surface area contributed by atoms with Crippen LogP contribution < -0.4 is 14.5 Å². The number of esters is 1. The van der Waals surface area contributed by atoms with Crippen molar-refractivity contribution in [3.8, 4) is 5.75 Å². The summed E-state index contributed by atoms with van der Waals surface area (Å²) in [7, 11) is 0. The standard InChI is InChI=1S/C29H16Cl4N2O5/c30-23-21-22(24(31)26(33)25(23)32)28(38)35(27(21)37)16-8-10-17(11-9-16)40-29(39)15-12-20(36)34(13-15)19-7-3-5-14-4-1-2-6-18(14)19/h1-11,15H,12-13H2/t15-/m0/s1. The molecule has 4 aromatic carbocycles. The van der Waals surface area contributed by atoms with Gasteiger partial charge in [-0.3, -0.25) is 19.2 Å². The Balaban J connectivity index is 1.18. The Morgan fingerprint density at radius 2 is 1.35 bits per heavy atom. The first-order valence-corrected chi connectivity index (χ1v) is 13.5. The lowest BCUT2D eigenvalue weighted by atomic mass is 10.1. The van der Waals surface area contributed by atoms with Crippen LogP contribution in [0.15, 0.2) is 66.7 Å². The molecule has 3 amide bonds. The summed E-state index contributed by atoms with van der Waals surface area (Å²) in [5, 5.41) is 1.33. The number of nitrogens with zero attached hydrogens (tertiary/aromatic N) is 2. The van der Waals surface area contributed by atoms with Gasteiger partial charge in [0.25, 0.3) is 11.8 Å². The highest BCUT2D eigenvalue weighted by Gasteiger charge is 2.42. The van der Waals surface area contributed by atoms with Crippen LogP contribution in [0.25, 0.3) is 10.8 Å². The van der Waals surface area contributed by atoms with Crippen LogP contribution >= 0.6 is 46.4 Å². The van der Waals surface area contributed by atoms with Crippen LogP contribution in [-0.2, 0) is 9.59 Å². The zero-order chi connectivity index (χ0) is 28.3. The summed E-state index contributed by atoms with van der Waals surface area (Å²) in [4.78, 5) is 54.4. The number of carbonyl (C=O) groups is 4. The van der Waals surface area contributed by atoms with Gasteiger partial charge in [-0.1, -0.05) is 82.8 Å². The van der Waals surface area contributed by atoms with Gasteiger partial charge < -0.3 is 9.64 Å². The normalized spacial score (nSPS) is 16.7. The zero-order valence-corrected chi connectivity index (χ0v) is 23.3. The predicted octanol–water partition coefficient (Wildman–Crippen LogP) is 7.21. The number of fused-ring (bicyclic) bond motifs is 2. The molecule has 1 saturated heterocycles. The van der Waals surface area contributed by atoms with E-state index in [1.54, 1.807) is 4.90 Å². The van der Waals surface area contributed by atoms with Gasteiger partial charge in [-0.2, -0.15) is 0 Å². The van der Waals surface area contributed by atoms with Crippen LogP contribution in [0.5, 0.6) is 5.75 Å². The number of amides is 3. The lowest BCUT2D eigenvalue weighted by molar-refractivity contribution is -0.139. The van der Waals surface area contributed by atoms with Gasteiger partial charge >= 0.3 is 5.97 Å². The lowest BCUT2D eigenvalue weighted by Gasteiger charge is -2.19. The smallest absolute Gasteiger partial charge is 0.316 e. The highest BCUT2D eigenvalue weighted by atomic mass is 35.5. The fourth-order valence-corrected chi connectivity index (χ4v) is 6.00. The van der Waals surface area contributed by atoms with E-state index < -0.39 is 23.7 Å². The van der Waals surface area contributed by atoms with E-state index in [1.165, 1.54) is 24.3 Å².